The third kappa shape index (κ3) is 6.15. The molecule has 0 radical (unpaired) electrons. The van der Waals surface area contributed by atoms with E-state index in [4.69, 9.17) is 0 Å². The topological polar surface area (TPSA) is 83.0 Å². The summed E-state index contributed by atoms with van der Waals surface area (Å²) in [5.74, 6) is 1.54. The number of rotatable bonds is 6. The first-order valence-corrected chi connectivity index (χ1v) is 12.0. The van der Waals surface area contributed by atoms with Gasteiger partial charge >= 0.3 is 6.18 Å². The first-order chi connectivity index (χ1) is 16.3. The number of benzene rings is 1. The molecule has 0 spiro atoms. The zero-order chi connectivity index (χ0) is 24.1. The van der Waals surface area contributed by atoms with Crippen molar-refractivity contribution in [1.29, 1.82) is 0 Å². The maximum absolute atomic E-state index is 13.2. The van der Waals surface area contributed by atoms with Crippen molar-refractivity contribution in [1.82, 2.24) is 20.3 Å². The number of aryl methyl sites for hydroxylation is 1. The van der Waals surface area contributed by atoms with E-state index in [2.05, 4.69) is 30.5 Å². The molecule has 1 amide bonds. The van der Waals surface area contributed by atoms with Gasteiger partial charge in [0, 0.05) is 31.6 Å². The van der Waals surface area contributed by atoms with Crippen LogP contribution in [0.4, 0.5) is 25.1 Å². The van der Waals surface area contributed by atoms with Gasteiger partial charge in [0.15, 0.2) is 0 Å². The highest BCUT2D eigenvalue weighted by atomic mass is 19.4. The van der Waals surface area contributed by atoms with Gasteiger partial charge in [0.1, 0.15) is 5.82 Å². The van der Waals surface area contributed by atoms with Gasteiger partial charge in [0.05, 0.1) is 5.56 Å². The number of nitrogens with one attached hydrogen (secondary N) is 2. The molecule has 2 aliphatic rings. The van der Waals surface area contributed by atoms with Crippen LogP contribution in [-0.2, 0) is 17.5 Å². The molecule has 2 aromatic rings. The minimum absolute atomic E-state index is 0.0772. The molecule has 1 saturated carbocycles. The number of carbonyl (C=O) groups is 1. The highest BCUT2D eigenvalue weighted by Crippen LogP contribution is 2.32. The fraction of sp³-hybridized carbons (Fsp3) is 0.583. The van der Waals surface area contributed by atoms with Crippen LogP contribution in [0.5, 0.6) is 0 Å². The zero-order valence-electron chi connectivity index (χ0n) is 19.4. The number of carbonyl (C=O) groups excluding carboxylic acids is 1. The van der Waals surface area contributed by atoms with Gasteiger partial charge in [0.25, 0.3) is 0 Å². The Labute approximate surface area is 197 Å². The molecule has 2 heterocycles. The Balaban J connectivity index is 1.28. The molecule has 2 fully saturated rings. The maximum Gasteiger partial charge on any atom is 0.416 e. The molecule has 1 aliphatic carbocycles. The predicted molar refractivity (Wildman–Crippen MR) is 123 cm³/mol. The lowest BCUT2D eigenvalue weighted by molar-refractivity contribution is -0.138. The summed E-state index contributed by atoms with van der Waals surface area (Å²) in [7, 11) is 0. The third-order valence-corrected chi connectivity index (χ3v) is 6.58. The fourth-order valence-corrected chi connectivity index (χ4v) is 4.73. The van der Waals surface area contributed by atoms with Gasteiger partial charge in [-0.25, -0.2) is 0 Å². The number of anilines is 2. The summed E-state index contributed by atoms with van der Waals surface area (Å²) < 4.78 is 39.5. The van der Waals surface area contributed by atoms with Crippen molar-refractivity contribution in [2.24, 2.45) is 5.92 Å². The summed E-state index contributed by atoms with van der Waals surface area (Å²) >= 11 is 0. The molecule has 4 rings (SSSR count). The van der Waals surface area contributed by atoms with Crippen LogP contribution in [0.25, 0.3) is 0 Å². The quantitative estimate of drug-likeness (QED) is 0.640. The van der Waals surface area contributed by atoms with E-state index in [0.29, 0.717) is 30.6 Å². The zero-order valence-corrected chi connectivity index (χ0v) is 19.4. The van der Waals surface area contributed by atoms with Crippen LogP contribution in [0.15, 0.2) is 24.3 Å². The van der Waals surface area contributed by atoms with E-state index >= 15 is 0 Å². The molecule has 1 saturated heterocycles. The number of nitrogens with zero attached hydrogens (tertiary/aromatic N) is 4. The molecule has 1 aromatic carbocycles. The van der Waals surface area contributed by atoms with Gasteiger partial charge in [-0.05, 0) is 63.5 Å². The summed E-state index contributed by atoms with van der Waals surface area (Å²) in [6.07, 6.45) is 1.93. The Bertz CT molecular complexity index is 985. The molecule has 2 N–H and O–H groups in total. The van der Waals surface area contributed by atoms with Gasteiger partial charge in [0.2, 0.25) is 17.8 Å². The normalized spacial score (nSPS) is 21.2. The molecule has 7 nitrogen and oxygen atoms in total. The van der Waals surface area contributed by atoms with Crippen molar-refractivity contribution in [3.05, 3.63) is 41.2 Å². The second kappa shape index (κ2) is 10.6. The highest BCUT2D eigenvalue weighted by molar-refractivity contribution is 5.78. The van der Waals surface area contributed by atoms with Gasteiger partial charge < -0.3 is 15.5 Å². The van der Waals surface area contributed by atoms with Crippen LogP contribution < -0.4 is 15.5 Å². The van der Waals surface area contributed by atoms with Crippen LogP contribution in [-0.4, -0.2) is 40.0 Å². The predicted octanol–water partition coefficient (Wildman–Crippen LogP) is 4.48. The van der Waals surface area contributed by atoms with E-state index in [1.54, 1.807) is 6.07 Å². The molecule has 1 aliphatic heterocycles. The molecule has 0 unspecified atom stereocenters. The number of alkyl halides is 3. The van der Waals surface area contributed by atoms with E-state index < -0.39 is 11.7 Å². The van der Waals surface area contributed by atoms with E-state index in [9.17, 15) is 18.0 Å². The number of hydrogen-bond acceptors (Lipinski definition) is 6. The lowest BCUT2D eigenvalue weighted by Crippen LogP contribution is -2.36. The van der Waals surface area contributed by atoms with E-state index in [1.165, 1.54) is 18.6 Å². The lowest BCUT2D eigenvalue weighted by Gasteiger charge is -2.29. The minimum Gasteiger partial charge on any atom is -0.352 e. The fourth-order valence-electron chi connectivity index (χ4n) is 4.73. The first-order valence-electron chi connectivity index (χ1n) is 12.0. The number of halogens is 3. The van der Waals surface area contributed by atoms with Crippen molar-refractivity contribution in [3.63, 3.8) is 0 Å². The lowest BCUT2D eigenvalue weighted by atomic mass is 9.85. The number of piperidine rings is 1. The smallest absolute Gasteiger partial charge is 0.352 e. The van der Waals surface area contributed by atoms with Gasteiger partial charge in [-0.3, -0.25) is 4.79 Å². The second-order valence-electron chi connectivity index (χ2n) is 9.12. The van der Waals surface area contributed by atoms with Crippen LogP contribution in [0, 0.1) is 12.8 Å². The molecule has 0 bridgehead atoms. The maximum atomic E-state index is 13.2. The SMILES string of the molecule is Cc1nc(N[C@H]2CC[C@@H](C(=O)NCc3ccccc3C(F)(F)F)CC2)nc(N2CCCCC2)n1. The van der Waals surface area contributed by atoms with E-state index in [1.807, 2.05) is 6.92 Å². The average Bonchev–Trinajstić information content (AvgIpc) is 2.83. The first kappa shape index (κ1) is 24.2. The van der Waals surface area contributed by atoms with Crippen molar-refractivity contribution < 1.29 is 18.0 Å². The molecular weight excluding hydrogens is 445 g/mol. The summed E-state index contributed by atoms with van der Waals surface area (Å²) in [5, 5.41) is 6.10. The Morgan fingerprint density at radius 3 is 2.44 bits per heavy atom. The van der Waals surface area contributed by atoms with E-state index in [-0.39, 0.29) is 30.0 Å². The second-order valence-corrected chi connectivity index (χ2v) is 9.12. The third-order valence-electron chi connectivity index (χ3n) is 6.58. The highest BCUT2D eigenvalue weighted by Gasteiger charge is 2.33. The van der Waals surface area contributed by atoms with E-state index in [0.717, 1.165) is 44.8 Å². The van der Waals surface area contributed by atoms with Crippen molar-refractivity contribution in [2.45, 2.75) is 70.6 Å². The number of hydrogen-bond donors (Lipinski definition) is 2. The molecular formula is C24H31F3N6O. The van der Waals surface area contributed by atoms with Gasteiger partial charge in [-0.15, -0.1) is 0 Å². The van der Waals surface area contributed by atoms with Crippen molar-refractivity contribution in [2.75, 3.05) is 23.3 Å². The minimum atomic E-state index is -4.44. The standard InChI is InChI=1S/C24H31F3N6O/c1-16-29-22(32-23(30-16)33-13-5-2-6-14-33)31-19-11-9-17(10-12-19)21(34)28-15-18-7-3-4-8-20(18)24(25,26)27/h3-4,7-8,17,19H,2,5-6,9-15H2,1H3,(H,28,34)(H,29,30,31,32)/t17-,19+. The summed E-state index contributed by atoms with van der Waals surface area (Å²) in [4.78, 5) is 28.4. The Morgan fingerprint density at radius 2 is 1.74 bits per heavy atom. The summed E-state index contributed by atoms with van der Waals surface area (Å²) in [6, 6.07) is 5.49. The molecule has 10 heteroatoms. The van der Waals surface area contributed by atoms with Crippen molar-refractivity contribution >= 4 is 17.8 Å². The summed E-state index contributed by atoms with van der Waals surface area (Å²) in [5.41, 5.74) is -0.631. The molecule has 1 aromatic heterocycles. The van der Waals surface area contributed by atoms with Gasteiger partial charge in [-0.1, -0.05) is 18.2 Å². The van der Waals surface area contributed by atoms with Crippen LogP contribution in [0.3, 0.4) is 0 Å². The Kier molecular flexibility index (Phi) is 7.53. The Hall–Kier alpha value is -2.91. The number of aromatic nitrogens is 3. The molecule has 0 atom stereocenters. The largest absolute Gasteiger partial charge is 0.416 e. The monoisotopic (exact) mass is 476 g/mol. The van der Waals surface area contributed by atoms with Crippen LogP contribution in [0.2, 0.25) is 0 Å². The molecule has 34 heavy (non-hydrogen) atoms. The van der Waals surface area contributed by atoms with Gasteiger partial charge in [-0.2, -0.15) is 28.1 Å². The van der Waals surface area contributed by atoms with Crippen LogP contribution >= 0.6 is 0 Å². The number of amides is 1. The average molecular weight is 477 g/mol. The summed E-state index contributed by atoms with van der Waals surface area (Å²) in [6.45, 7) is 3.64. The Morgan fingerprint density at radius 1 is 1.03 bits per heavy atom. The molecule has 184 valence electrons. The van der Waals surface area contributed by atoms with Crippen LogP contribution in [0.1, 0.15) is 61.9 Å². The van der Waals surface area contributed by atoms with Crippen molar-refractivity contribution in [3.8, 4) is 0 Å².